The Morgan fingerprint density at radius 2 is 2.41 bits per heavy atom. The molecule has 1 fully saturated rings. The molecule has 0 aromatic carbocycles. The van der Waals surface area contributed by atoms with Crippen molar-refractivity contribution in [3.63, 3.8) is 0 Å². The highest BCUT2D eigenvalue weighted by Gasteiger charge is 2.31. The topological polar surface area (TPSA) is 48.4 Å². The van der Waals surface area contributed by atoms with Crippen LogP contribution in [-0.4, -0.2) is 46.3 Å². The van der Waals surface area contributed by atoms with E-state index in [1.807, 2.05) is 12.3 Å². The summed E-state index contributed by atoms with van der Waals surface area (Å²) in [5.74, 6) is 0. The molecule has 1 aromatic heterocycles. The Labute approximate surface area is 103 Å². The van der Waals surface area contributed by atoms with Gasteiger partial charge in [-0.05, 0) is 25.5 Å². The number of nitrogens with one attached hydrogen (secondary N) is 1. The molecule has 1 unspecified atom stereocenters. The first-order valence-electron chi connectivity index (χ1n) is 6.09. The van der Waals surface area contributed by atoms with Crippen LogP contribution in [0.25, 0.3) is 0 Å². The number of aliphatic hydroxyl groups is 1. The fourth-order valence-electron chi connectivity index (χ4n) is 2.55. The molecule has 0 saturated carbocycles. The second-order valence-corrected chi connectivity index (χ2v) is 5.44. The van der Waals surface area contributed by atoms with Crippen molar-refractivity contribution in [2.45, 2.75) is 32.0 Å². The van der Waals surface area contributed by atoms with Crippen molar-refractivity contribution in [2.75, 3.05) is 19.7 Å². The van der Waals surface area contributed by atoms with Gasteiger partial charge in [-0.15, -0.1) is 0 Å². The van der Waals surface area contributed by atoms with Gasteiger partial charge < -0.3 is 10.4 Å². The van der Waals surface area contributed by atoms with Gasteiger partial charge in [-0.3, -0.25) is 9.88 Å². The number of piperazine rings is 1. The molecule has 1 aliphatic rings. The van der Waals surface area contributed by atoms with Crippen LogP contribution in [-0.2, 0) is 6.54 Å². The molecular formula is C13H21N3O. The smallest absolute Gasteiger partial charge is 0.0597 e. The van der Waals surface area contributed by atoms with Crippen molar-refractivity contribution < 1.29 is 5.11 Å². The van der Waals surface area contributed by atoms with E-state index >= 15 is 0 Å². The summed E-state index contributed by atoms with van der Waals surface area (Å²) in [4.78, 5) is 6.50. The van der Waals surface area contributed by atoms with Crippen LogP contribution in [0, 0.1) is 0 Å². The maximum Gasteiger partial charge on any atom is 0.0597 e. The molecule has 17 heavy (non-hydrogen) atoms. The van der Waals surface area contributed by atoms with E-state index in [2.05, 4.69) is 35.1 Å². The Bertz CT molecular complexity index is 353. The lowest BCUT2D eigenvalue weighted by atomic mass is 9.98. The molecule has 94 valence electrons. The monoisotopic (exact) mass is 235 g/mol. The van der Waals surface area contributed by atoms with Crippen molar-refractivity contribution in [3.05, 3.63) is 30.1 Å². The summed E-state index contributed by atoms with van der Waals surface area (Å²) >= 11 is 0. The lowest BCUT2D eigenvalue weighted by molar-refractivity contribution is 0.0815. The highest BCUT2D eigenvalue weighted by molar-refractivity contribution is 5.09. The molecule has 4 heteroatoms. The van der Waals surface area contributed by atoms with Crippen LogP contribution in [0.15, 0.2) is 24.5 Å². The summed E-state index contributed by atoms with van der Waals surface area (Å²) in [5, 5.41) is 12.8. The first-order valence-corrected chi connectivity index (χ1v) is 6.09. The van der Waals surface area contributed by atoms with Gasteiger partial charge in [-0.2, -0.15) is 0 Å². The Kier molecular flexibility index (Phi) is 3.76. The van der Waals surface area contributed by atoms with Gasteiger partial charge in [-0.25, -0.2) is 0 Å². The van der Waals surface area contributed by atoms with Crippen molar-refractivity contribution in [1.29, 1.82) is 0 Å². The van der Waals surface area contributed by atoms with E-state index < -0.39 is 0 Å². The van der Waals surface area contributed by atoms with Gasteiger partial charge in [0.1, 0.15) is 0 Å². The number of nitrogens with zero attached hydrogens (tertiary/aromatic N) is 2. The fraction of sp³-hybridized carbons (Fsp3) is 0.615. The van der Waals surface area contributed by atoms with E-state index in [0.29, 0.717) is 0 Å². The van der Waals surface area contributed by atoms with Crippen molar-refractivity contribution in [3.8, 4) is 0 Å². The first-order chi connectivity index (χ1) is 8.09. The minimum absolute atomic E-state index is 0.0495. The molecule has 4 nitrogen and oxygen atoms in total. The SMILES string of the molecule is CC1(C)CN(Cc2cccnc2)CC(CO)N1. The third-order valence-corrected chi connectivity index (χ3v) is 3.04. The van der Waals surface area contributed by atoms with E-state index in [1.165, 1.54) is 5.56 Å². The van der Waals surface area contributed by atoms with Gasteiger partial charge in [0.25, 0.3) is 0 Å². The summed E-state index contributed by atoms with van der Waals surface area (Å²) in [6, 6.07) is 4.22. The minimum atomic E-state index is 0.0495. The van der Waals surface area contributed by atoms with E-state index in [0.717, 1.165) is 19.6 Å². The van der Waals surface area contributed by atoms with Gasteiger partial charge in [0.2, 0.25) is 0 Å². The van der Waals surface area contributed by atoms with Gasteiger partial charge in [0, 0.05) is 43.6 Å². The van der Waals surface area contributed by atoms with E-state index in [-0.39, 0.29) is 18.2 Å². The highest BCUT2D eigenvalue weighted by Crippen LogP contribution is 2.16. The van der Waals surface area contributed by atoms with Crippen LogP contribution in [0.5, 0.6) is 0 Å². The minimum Gasteiger partial charge on any atom is -0.395 e. The van der Waals surface area contributed by atoms with Crippen LogP contribution >= 0.6 is 0 Å². The zero-order chi connectivity index (χ0) is 12.3. The zero-order valence-corrected chi connectivity index (χ0v) is 10.6. The molecular weight excluding hydrogens is 214 g/mol. The van der Waals surface area contributed by atoms with Crippen molar-refractivity contribution in [2.24, 2.45) is 0 Å². The van der Waals surface area contributed by atoms with Crippen molar-refractivity contribution >= 4 is 0 Å². The molecule has 1 saturated heterocycles. The van der Waals surface area contributed by atoms with Crippen molar-refractivity contribution in [1.82, 2.24) is 15.2 Å². The number of pyridine rings is 1. The molecule has 2 heterocycles. The standard InChI is InChI=1S/C13H21N3O/c1-13(2)10-16(8-12(9-17)15-13)7-11-4-3-5-14-6-11/h3-6,12,15,17H,7-10H2,1-2H3. The number of aromatic nitrogens is 1. The lowest BCUT2D eigenvalue weighted by Crippen LogP contribution is -2.62. The second-order valence-electron chi connectivity index (χ2n) is 5.44. The molecule has 1 aliphatic heterocycles. The number of aliphatic hydroxyl groups excluding tert-OH is 1. The normalized spacial score (nSPS) is 24.8. The Morgan fingerprint density at radius 1 is 1.59 bits per heavy atom. The number of hydrogen-bond donors (Lipinski definition) is 2. The maximum absolute atomic E-state index is 9.31. The van der Waals surface area contributed by atoms with Gasteiger partial charge in [0.15, 0.2) is 0 Å². The number of rotatable bonds is 3. The van der Waals surface area contributed by atoms with Crippen LogP contribution in [0.3, 0.4) is 0 Å². The quantitative estimate of drug-likeness (QED) is 0.806. The van der Waals surface area contributed by atoms with Crippen LogP contribution in [0.4, 0.5) is 0 Å². The van der Waals surface area contributed by atoms with Gasteiger partial charge in [-0.1, -0.05) is 6.07 Å². The summed E-state index contributed by atoms with van der Waals surface area (Å²) < 4.78 is 0. The average Bonchev–Trinajstić information content (AvgIpc) is 2.28. The molecule has 0 spiro atoms. The van der Waals surface area contributed by atoms with Crippen LogP contribution in [0.2, 0.25) is 0 Å². The third kappa shape index (κ3) is 3.49. The number of hydrogen-bond acceptors (Lipinski definition) is 4. The predicted octanol–water partition coefficient (Wildman–Crippen LogP) is 0.626. The fourth-order valence-corrected chi connectivity index (χ4v) is 2.55. The molecule has 0 aliphatic carbocycles. The summed E-state index contributed by atoms with van der Waals surface area (Å²) in [6.07, 6.45) is 3.70. The predicted molar refractivity (Wildman–Crippen MR) is 67.6 cm³/mol. The molecule has 0 radical (unpaired) electrons. The maximum atomic E-state index is 9.31. The first kappa shape index (κ1) is 12.5. The van der Waals surface area contributed by atoms with Crippen LogP contribution < -0.4 is 5.32 Å². The molecule has 2 rings (SSSR count). The van der Waals surface area contributed by atoms with Gasteiger partial charge >= 0.3 is 0 Å². The Morgan fingerprint density at radius 3 is 3.06 bits per heavy atom. The Hall–Kier alpha value is -0.970. The van der Waals surface area contributed by atoms with E-state index in [9.17, 15) is 5.11 Å². The molecule has 0 amide bonds. The summed E-state index contributed by atoms with van der Waals surface area (Å²) in [5.41, 5.74) is 1.27. The average molecular weight is 235 g/mol. The molecule has 1 atom stereocenters. The highest BCUT2D eigenvalue weighted by atomic mass is 16.3. The molecule has 1 aromatic rings. The van der Waals surface area contributed by atoms with E-state index in [1.54, 1.807) is 6.20 Å². The van der Waals surface area contributed by atoms with E-state index in [4.69, 9.17) is 0 Å². The Balaban J connectivity index is 2.01. The summed E-state index contributed by atoms with van der Waals surface area (Å²) in [7, 11) is 0. The second kappa shape index (κ2) is 5.12. The van der Waals surface area contributed by atoms with Crippen LogP contribution in [0.1, 0.15) is 19.4 Å². The molecule has 2 N–H and O–H groups in total. The molecule has 0 bridgehead atoms. The van der Waals surface area contributed by atoms with Gasteiger partial charge in [0.05, 0.1) is 6.61 Å². The third-order valence-electron chi connectivity index (χ3n) is 3.04. The largest absolute Gasteiger partial charge is 0.395 e. The zero-order valence-electron chi connectivity index (χ0n) is 10.6. The summed E-state index contributed by atoms with van der Waals surface area (Å²) in [6.45, 7) is 7.30. The lowest BCUT2D eigenvalue weighted by Gasteiger charge is -2.43.